The van der Waals surface area contributed by atoms with Crippen LogP contribution in [0.15, 0.2) is 5.16 Å². The van der Waals surface area contributed by atoms with Gasteiger partial charge in [-0.3, -0.25) is 9.69 Å². The molecular weight excluding hydrogens is 398 g/mol. The van der Waals surface area contributed by atoms with E-state index in [0.29, 0.717) is 26.2 Å². The summed E-state index contributed by atoms with van der Waals surface area (Å²) in [7, 11) is 0. The van der Waals surface area contributed by atoms with Crippen LogP contribution >= 0.6 is 0 Å². The fourth-order valence-electron chi connectivity index (χ4n) is 4.21. The van der Waals surface area contributed by atoms with Gasteiger partial charge in [-0.1, -0.05) is 50.1 Å². The number of carbonyl (C=O) groups excluding carboxylic acids is 2. The topological polar surface area (TPSA) is 103 Å². The number of rotatable bonds is 10. The molecule has 0 spiro atoms. The van der Waals surface area contributed by atoms with E-state index in [9.17, 15) is 9.59 Å². The number of oxime groups is 1. The molecule has 0 aromatic carbocycles. The Kier molecular flexibility index (Phi) is 10.7. The van der Waals surface area contributed by atoms with E-state index in [4.69, 9.17) is 20.0 Å². The van der Waals surface area contributed by atoms with Crippen molar-refractivity contribution in [2.45, 2.75) is 84.2 Å². The predicted molar refractivity (Wildman–Crippen MR) is 119 cm³/mol. The first-order valence-corrected chi connectivity index (χ1v) is 11.8. The maximum Gasteiger partial charge on any atom is 0.338 e. The lowest BCUT2D eigenvalue weighted by Crippen LogP contribution is -2.41. The Hall–Kier alpha value is -1.67. The van der Waals surface area contributed by atoms with E-state index in [1.807, 2.05) is 20.8 Å². The molecule has 0 unspecified atom stereocenters. The molecule has 2 N–H and O–H groups in total. The van der Waals surface area contributed by atoms with Crippen molar-refractivity contribution < 1.29 is 23.9 Å². The molecule has 178 valence electrons. The molecule has 0 bridgehead atoms. The standard InChI is InChI=1S/C23H41N3O5/c1-23(2,3)30-21(27)16-19(11-7-10-18-8-5-4-6-9-18)22(28)31-25-20(24)17-26-12-14-29-15-13-26/h18-19H,4-17H2,1-3H3,(H2,24,25)/t19-/m1/s1. The van der Waals surface area contributed by atoms with Crippen molar-refractivity contribution in [2.24, 2.45) is 22.7 Å². The molecule has 0 radical (unpaired) electrons. The van der Waals surface area contributed by atoms with Gasteiger partial charge in [0.05, 0.1) is 32.1 Å². The van der Waals surface area contributed by atoms with E-state index in [2.05, 4.69) is 10.1 Å². The fraction of sp³-hybridized carbons (Fsp3) is 0.870. The second kappa shape index (κ2) is 13.0. The zero-order valence-electron chi connectivity index (χ0n) is 19.6. The van der Waals surface area contributed by atoms with Gasteiger partial charge in [0, 0.05) is 13.1 Å². The van der Waals surface area contributed by atoms with Crippen molar-refractivity contribution in [3.63, 3.8) is 0 Å². The molecule has 1 aliphatic heterocycles. The number of hydrogen-bond donors (Lipinski definition) is 1. The summed E-state index contributed by atoms with van der Waals surface area (Å²) in [6.07, 6.45) is 9.02. The van der Waals surface area contributed by atoms with E-state index >= 15 is 0 Å². The van der Waals surface area contributed by atoms with Gasteiger partial charge in [0.2, 0.25) is 0 Å². The number of amidine groups is 1. The van der Waals surface area contributed by atoms with Crippen LogP contribution in [0.25, 0.3) is 0 Å². The molecule has 1 heterocycles. The summed E-state index contributed by atoms with van der Waals surface area (Å²) >= 11 is 0. The van der Waals surface area contributed by atoms with Crippen molar-refractivity contribution in [3.05, 3.63) is 0 Å². The molecule has 1 atom stereocenters. The monoisotopic (exact) mass is 439 g/mol. The minimum Gasteiger partial charge on any atom is -0.460 e. The Morgan fingerprint density at radius 2 is 1.84 bits per heavy atom. The lowest BCUT2D eigenvalue weighted by atomic mass is 9.84. The van der Waals surface area contributed by atoms with Crippen LogP contribution in [0.2, 0.25) is 0 Å². The quantitative estimate of drug-likeness (QED) is 0.183. The number of nitrogens with two attached hydrogens (primary N) is 1. The van der Waals surface area contributed by atoms with Gasteiger partial charge < -0.3 is 20.0 Å². The molecule has 1 saturated heterocycles. The van der Waals surface area contributed by atoms with Gasteiger partial charge in [0.15, 0.2) is 5.84 Å². The molecule has 0 aromatic rings. The second-order valence-corrected chi connectivity index (χ2v) is 9.80. The molecule has 8 nitrogen and oxygen atoms in total. The van der Waals surface area contributed by atoms with Crippen LogP contribution in [0.4, 0.5) is 0 Å². The summed E-state index contributed by atoms with van der Waals surface area (Å²) in [5, 5.41) is 3.83. The maximum absolute atomic E-state index is 12.7. The Balaban J connectivity index is 1.87. The van der Waals surface area contributed by atoms with Gasteiger partial charge >= 0.3 is 11.9 Å². The molecule has 1 aliphatic carbocycles. The van der Waals surface area contributed by atoms with Gasteiger partial charge in [-0.05, 0) is 33.1 Å². The van der Waals surface area contributed by atoms with Crippen LogP contribution in [0, 0.1) is 11.8 Å². The predicted octanol–water partition coefficient (Wildman–Crippen LogP) is 3.23. The summed E-state index contributed by atoms with van der Waals surface area (Å²) in [6, 6.07) is 0. The third kappa shape index (κ3) is 11.0. The van der Waals surface area contributed by atoms with E-state index in [0.717, 1.165) is 31.8 Å². The first-order chi connectivity index (χ1) is 14.7. The first kappa shape index (κ1) is 25.6. The van der Waals surface area contributed by atoms with Crippen molar-refractivity contribution in [1.29, 1.82) is 0 Å². The van der Waals surface area contributed by atoms with E-state index in [1.165, 1.54) is 32.1 Å². The lowest BCUT2D eigenvalue weighted by Gasteiger charge is -2.25. The molecule has 1 saturated carbocycles. The Morgan fingerprint density at radius 3 is 2.48 bits per heavy atom. The highest BCUT2D eigenvalue weighted by Gasteiger charge is 2.27. The zero-order valence-corrected chi connectivity index (χ0v) is 19.6. The van der Waals surface area contributed by atoms with Gasteiger partial charge in [-0.25, -0.2) is 4.79 Å². The van der Waals surface area contributed by atoms with Gasteiger partial charge in [-0.15, -0.1) is 0 Å². The molecular formula is C23H41N3O5. The summed E-state index contributed by atoms with van der Waals surface area (Å²) < 4.78 is 10.7. The lowest BCUT2D eigenvalue weighted by molar-refractivity contribution is -0.161. The van der Waals surface area contributed by atoms with Crippen LogP contribution in [0.3, 0.4) is 0 Å². The molecule has 2 rings (SSSR count). The highest BCUT2D eigenvalue weighted by Crippen LogP contribution is 2.29. The van der Waals surface area contributed by atoms with Crippen LogP contribution in [-0.2, 0) is 23.9 Å². The third-order valence-corrected chi connectivity index (χ3v) is 5.80. The Morgan fingerprint density at radius 1 is 1.16 bits per heavy atom. The average Bonchev–Trinajstić information content (AvgIpc) is 2.71. The highest BCUT2D eigenvalue weighted by atomic mass is 16.7. The number of morpholine rings is 1. The smallest absolute Gasteiger partial charge is 0.338 e. The molecule has 2 aliphatic rings. The Labute approximate surface area is 186 Å². The van der Waals surface area contributed by atoms with Gasteiger partial charge in [0.25, 0.3) is 0 Å². The third-order valence-electron chi connectivity index (χ3n) is 5.80. The SMILES string of the molecule is CC(C)(C)OC(=O)C[C@@H](CCCC1CCCCC1)C(=O)O/N=C(\N)CN1CCOCC1. The zero-order chi connectivity index (χ0) is 22.7. The normalized spacial score (nSPS) is 20.3. The van der Waals surface area contributed by atoms with Gasteiger partial charge in [-0.2, -0.15) is 0 Å². The minimum atomic E-state index is -0.589. The summed E-state index contributed by atoms with van der Waals surface area (Å²) in [6.45, 7) is 8.74. The molecule has 2 fully saturated rings. The Bertz CT molecular complexity index is 591. The number of ether oxygens (including phenoxy) is 2. The second-order valence-electron chi connectivity index (χ2n) is 9.80. The maximum atomic E-state index is 12.7. The van der Waals surface area contributed by atoms with Crippen molar-refractivity contribution in [3.8, 4) is 0 Å². The highest BCUT2D eigenvalue weighted by molar-refractivity contribution is 5.84. The fourth-order valence-corrected chi connectivity index (χ4v) is 4.21. The van der Waals surface area contributed by atoms with E-state index in [1.54, 1.807) is 0 Å². The largest absolute Gasteiger partial charge is 0.460 e. The molecule has 0 amide bonds. The number of carbonyl (C=O) groups is 2. The first-order valence-electron chi connectivity index (χ1n) is 11.8. The van der Waals surface area contributed by atoms with Crippen molar-refractivity contribution in [1.82, 2.24) is 4.90 Å². The van der Waals surface area contributed by atoms with Crippen molar-refractivity contribution >= 4 is 17.8 Å². The van der Waals surface area contributed by atoms with E-state index in [-0.39, 0.29) is 12.3 Å². The van der Waals surface area contributed by atoms with Crippen molar-refractivity contribution in [2.75, 3.05) is 32.8 Å². The molecule has 8 heteroatoms. The average molecular weight is 440 g/mol. The van der Waals surface area contributed by atoms with Gasteiger partial charge in [0.1, 0.15) is 5.60 Å². The van der Waals surface area contributed by atoms with E-state index < -0.39 is 23.5 Å². The molecule has 31 heavy (non-hydrogen) atoms. The summed E-state index contributed by atoms with van der Waals surface area (Å²) in [5.74, 6) is -0.502. The molecule has 0 aromatic heterocycles. The van der Waals surface area contributed by atoms with Crippen LogP contribution in [0.5, 0.6) is 0 Å². The number of nitrogens with zero attached hydrogens (tertiary/aromatic N) is 2. The summed E-state index contributed by atoms with van der Waals surface area (Å²) in [5.41, 5.74) is 5.34. The van der Waals surface area contributed by atoms with Crippen LogP contribution < -0.4 is 5.73 Å². The number of hydrogen-bond acceptors (Lipinski definition) is 7. The van der Waals surface area contributed by atoms with Crippen LogP contribution in [0.1, 0.15) is 78.6 Å². The van der Waals surface area contributed by atoms with Crippen LogP contribution in [-0.4, -0.2) is 61.1 Å². The number of esters is 1. The summed E-state index contributed by atoms with van der Waals surface area (Å²) in [4.78, 5) is 32.3. The minimum absolute atomic E-state index is 0.000339.